The molecule has 0 saturated carbocycles. The fourth-order valence-electron chi connectivity index (χ4n) is 2.19. The zero-order valence-corrected chi connectivity index (χ0v) is 11.8. The lowest BCUT2D eigenvalue weighted by atomic mass is 9.77. The van der Waals surface area contributed by atoms with Crippen molar-refractivity contribution in [1.29, 1.82) is 0 Å². The minimum Gasteiger partial charge on any atom is -0.480 e. The number of carboxylic acid groups (broad SMARTS) is 2. The topological polar surface area (TPSA) is 74.6 Å². The Morgan fingerprint density at radius 1 is 1.05 bits per heavy atom. The molecule has 0 amide bonds. The average molecular weight is 276 g/mol. The van der Waals surface area contributed by atoms with E-state index >= 15 is 0 Å². The number of carbonyl (C=O) groups is 2. The SMILES string of the molecule is CCC(=CCC(C(=O)O)(C(=O)O)c1ccccc1)CC. The van der Waals surface area contributed by atoms with E-state index in [0.717, 1.165) is 18.4 Å². The first-order chi connectivity index (χ1) is 9.48. The van der Waals surface area contributed by atoms with E-state index < -0.39 is 17.4 Å². The third-order valence-electron chi connectivity index (χ3n) is 3.60. The minimum atomic E-state index is -1.92. The first-order valence-electron chi connectivity index (χ1n) is 6.69. The Balaban J connectivity index is 3.31. The van der Waals surface area contributed by atoms with E-state index in [1.165, 1.54) is 0 Å². The second-order valence-electron chi connectivity index (χ2n) is 4.66. The average Bonchev–Trinajstić information content (AvgIpc) is 2.44. The van der Waals surface area contributed by atoms with Crippen LogP contribution in [0.5, 0.6) is 0 Å². The predicted octanol–water partition coefficient (Wildman–Crippen LogP) is 3.23. The van der Waals surface area contributed by atoms with E-state index in [0.29, 0.717) is 5.56 Å². The van der Waals surface area contributed by atoms with Gasteiger partial charge in [0.05, 0.1) is 0 Å². The van der Waals surface area contributed by atoms with Gasteiger partial charge in [-0.2, -0.15) is 0 Å². The van der Waals surface area contributed by atoms with Gasteiger partial charge in [0.2, 0.25) is 0 Å². The van der Waals surface area contributed by atoms with Crippen molar-refractivity contribution in [3.05, 3.63) is 47.5 Å². The lowest BCUT2D eigenvalue weighted by Gasteiger charge is -2.24. The Labute approximate surface area is 118 Å². The summed E-state index contributed by atoms with van der Waals surface area (Å²) < 4.78 is 0. The van der Waals surface area contributed by atoms with E-state index in [-0.39, 0.29) is 6.42 Å². The molecule has 0 aromatic heterocycles. The Kier molecular flexibility index (Phi) is 5.50. The Morgan fingerprint density at radius 3 is 1.95 bits per heavy atom. The van der Waals surface area contributed by atoms with Crippen molar-refractivity contribution in [2.75, 3.05) is 0 Å². The molecular formula is C16H20O4. The van der Waals surface area contributed by atoms with Crippen molar-refractivity contribution >= 4 is 11.9 Å². The van der Waals surface area contributed by atoms with Gasteiger partial charge in [0.15, 0.2) is 5.41 Å². The van der Waals surface area contributed by atoms with Gasteiger partial charge >= 0.3 is 11.9 Å². The maximum Gasteiger partial charge on any atom is 0.325 e. The van der Waals surface area contributed by atoms with Crippen molar-refractivity contribution in [3.8, 4) is 0 Å². The Bertz CT molecular complexity index is 482. The van der Waals surface area contributed by atoms with Crippen LogP contribution in [0.4, 0.5) is 0 Å². The first-order valence-corrected chi connectivity index (χ1v) is 6.69. The van der Waals surface area contributed by atoms with Gasteiger partial charge in [-0.05, 0) is 24.8 Å². The number of benzene rings is 1. The Hall–Kier alpha value is -2.10. The molecule has 20 heavy (non-hydrogen) atoms. The molecule has 1 aromatic carbocycles. The summed E-state index contributed by atoms with van der Waals surface area (Å²) in [5.41, 5.74) is -0.563. The predicted molar refractivity (Wildman–Crippen MR) is 76.7 cm³/mol. The Morgan fingerprint density at radius 2 is 1.55 bits per heavy atom. The summed E-state index contributed by atoms with van der Waals surface area (Å²) in [5.74, 6) is -2.67. The molecule has 1 rings (SSSR count). The third kappa shape index (κ3) is 3.07. The molecule has 0 fully saturated rings. The summed E-state index contributed by atoms with van der Waals surface area (Å²) in [5, 5.41) is 19.0. The van der Waals surface area contributed by atoms with Crippen LogP contribution in [-0.2, 0) is 15.0 Å². The molecular weight excluding hydrogens is 256 g/mol. The first kappa shape index (κ1) is 16.0. The lowest BCUT2D eigenvalue weighted by molar-refractivity contribution is -0.157. The van der Waals surface area contributed by atoms with Crippen molar-refractivity contribution in [2.45, 2.75) is 38.5 Å². The fourth-order valence-corrected chi connectivity index (χ4v) is 2.19. The summed E-state index contributed by atoms with van der Waals surface area (Å²) in [6.45, 7) is 3.95. The third-order valence-corrected chi connectivity index (χ3v) is 3.60. The molecule has 0 heterocycles. The highest BCUT2D eigenvalue weighted by Crippen LogP contribution is 2.30. The van der Waals surface area contributed by atoms with Crippen molar-refractivity contribution in [2.24, 2.45) is 0 Å². The molecule has 0 bridgehead atoms. The zero-order chi connectivity index (χ0) is 15.2. The maximum atomic E-state index is 11.6. The molecule has 1 aromatic rings. The van der Waals surface area contributed by atoms with Gasteiger partial charge in [0, 0.05) is 0 Å². The van der Waals surface area contributed by atoms with Gasteiger partial charge in [-0.3, -0.25) is 9.59 Å². The number of hydrogen-bond acceptors (Lipinski definition) is 2. The summed E-state index contributed by atoms with van der Waals surface area (Å²) in [6.07, 6.45) is 3.29. The molecule has 0 aliphatic carbocycles. The highest BCUT2D eigenvalue weighted by atomic mass is 16.4. The van der Waals surface area contributed by atoms with Crippen molar-refractivity contribution < 1.29 is 19.8 Å². The molecule has 0 spiro atoms. The molecule has 4 nitrogen and oxygen atoms in total. The van der Waals surface area contributed by atoms with E-state index in [9.17, 15) is 19.8 Å². The van der Waals surface area contributed by atoms with Crippen LogP contribution in [0.2, 0.25) is 0 Å². The second-order valence-corrected chi connectivity index (χ2v) is 4.66. The molecule has 0 saturated heterocycles. The smallest absolute Gasteiger partial charge is 0.325 e. The maximum absolute atomic E-state index is 11.6. The molecule has 2 N–H and O–H groups in total. The lowest BCUT2D eigenvalue weighted by Crippen LogP contribution is -2.43. The molecule has 0 aliphatic heterocycles. The van der Waals surface area contributed by atoms with E-state index in [2.05, 4.69) is 0 Å². The van der Waals surface area contributed by atoms with Crippen LogP contribution in [0, 0.1) is 0 Å². The number of aliphatic carboxylic acids is 2. The standard InChI is InChI=1S/C16H20O4/c1-3-12(4-2)10-11-16(14(17)18,15(19)20)13-8-6-5-7-9-13/h5-10H,3-4,11H2,1-2H3,(H,17,18)(H,19,20). The number of allylic oxidation sites excluding steroid dienone is 2. The monoisotopic (exact) mass is 276 g/mol. The zero-order valence-electron chi connectivity index (χ0n) is 11.8. The summed E-state index contributed by atoms with van der Waals surface area (Å²) in [4.78, 5) is 23.3. The normalized spacial score (nSPS) is 10.9. The van der Waals surface area contributed by atoms with Gasteiger partial charge < -0.3 is 10.2 Å². The fraction of sp³-hybridized carbons (Fsp3) is 0.375. The molecule has 0 radical (unpaired) electrons. The molecule has 0 aliphatic rings. The second kappa shape index (κ2) is 6.89. The highest BCUT2D eigenvalue weighted by Gasteiger charge is 2.47. The quantitative estimate of drug-likeness (QED) is 0.592. The van der Waals surface area contributed by atoms with Gasteiger partial charge in [-0.1, -0.05) is 55.8 Å². The van der Waals surface area contributed by atoms with Crippen molar-refractivity contribution in [3.63, 3.8) is 0 Å². The van der Waals surface area contributed by atoms with Crippen LogP contribution in [0.3, 0.4) is 0 Å². The van der Waals surface area contributed by atoms with Gasteiger partial charge in [0.1, 0.15) is 0 Å². The highest BCUT2D eigenvalue weighted by molar-refractivity contribution is 6.04. The molecule has 108 valence electrons. The molecule has 0 atom stereocenters. The molecule has 0 unspecified atom stereocenters. The van der Waals surface area contributed by atoms with Crippen LogP contribution >= 0.6 is 0 Å². The summed E-state index contributed by atoms with van der Waals surface area (Å²) in [7, 11) is 0. The van der Waals surface area contributed by atoms with E-state index in [4.69, 9.17) is 0 Å². The van der Waals surface area contributed by atoms with E-state index in [1.807, 2.05) is 13.8 Å². The van der Waals surface area contributed by atoms with Crippen LogP contribution in [0.15, 0.2) is 42.0 Å². The number of hydrogen-bond donors (Lipinski definition) is 2. The number of rotatable bonds is 7. The van der Waals surface area contributed by atoms with Crippen LogP contribution in [0.1, 0.15) is 38.7 Å². The van der Waals surface area contributed by atoms with Gasteiger partial charge in [-0.25, -0.2) is 0 Å². The van der Waals surface area contributed by atoms with Crippen LogP contribution in [0.25, 0.3) is 0 Å². The minimum absolute atomic E-state index is 0.0430. The van der Waals surface area contributed by atoms with Crippen LogP contribution in [-0.4, -0.2) is 22.2 Å². The van der Waals surface area contributed by atoms with Crippen molar-refractivity contribution in [1.82, 2.24) is 0 Å². The van der Waals surface area contributed by atoms with Crippen LogP contribution < -0.4 is 0 Å². The van der Waals surface area contributed by atoms with Gasteiger partial charge in [-0.15, -0.1) is 0 Å². The van der Waals surface area contributed by atoms with E-state index in [1.54, 1.807) is 36.4 Å². The molecule has 4 heteroatoms. The summed E-state index contributed by atoms with van der Waals surface area (Å²) in [6, 6.07) is 8.14. The largest absolute Gasteiger partial charge is 0.480 e. The summed E-state index contributed by atoms with van der Waals surface area (Å²) >= 11 is 0. The number of carboxylic acids is 2. The van der Waals surface area contributed by atoms with Gasteiger partial charge in [0.25, 0.3) is 0 Å².